The van der Waals surface area contributed by atoms with E-state index >= 15 is 0 Å². The second-order valence-corrected chi connectivity index (χ2v) is 3.10. The van der Waals surface area contributed by atoms with E-state index in [2.05, 4.69) is 15.6 Å². The number of aromatic nitrogens is 1. The van der Waals surface area contributed by atoms with E-state index in [-0.39, 0.29) is 6.03 Å². The summed E-state index contributed by atoms with van der Waals surface area (Å²) >= 11 is 0. The molecule has 0 aliphatic rings. The number of nitrogens with one attached hydrogen (secondary N) is 2. The standard InChI is InChI=1S/C10H15N3O/c1-3-6-11-10(14)13-9-5-4-8(2)7-12-9/h4-5,7H,3,6H2,1-2H3,(H2,11,12,13,14). The van der Waals surface area contributed by atoms with Gasteiger partial charge in [0.05, 0.1) is 0 Å². The molecule has 1 aromatic rings. The van der Waals surface area contributed by atoms with Gasteiger partial charge in [0.15, 0.2) is 0 Å². The molecule has 0 aliphatic carbocycles. The number of pyridine rings is 1. The highest BCUT2D eigenvalue weighted by atomic mass is 16.2. The van der Waals surface area contributed by atoms with Crippen LogP contribution in [0.2, 0.25) is 0 Å². The van der Waals surface area contributed by atoms with Crippen LogP contribution in [0.3, 0.4) is 0 Å². The number of rotatable bonds is 3. The normalized spacial score (nSPS) is 9.57. The van der Waals surface area contributed by atoms with Crippen LogP contribution in [-0.2, 0) is 0 Å². The molecule has 1 rings (SSSR count). The Morgan fingerprint density at radius 3 is 2.86 bits per heavy atom. The molecule has 0 bridgehead atoms. The first-order chi connectivity index (χ1) is 6.72. The Labute approximate surface area is 83.7 Å². The van der Waals surface area contributed by atoms with Crippen LogP contribution in [0.4, 0.5) is 10.6 Å². The summed E-state index contributed by atoms with van der Waals surface area (Å²) in [5.74, 6) is 0.573. The van der Waals surface area contributed by atoms with E-state index in [0.29, 0.717) is 12.4 Å². The Balaban J connectivity index is 2.44. The van der Waals surface area contributed by atoms with Gasteiger partial charge in [0, 0.05) is 12.7 Å². The minimum absolute atomic E-state index is 0.205. The Morgan fingerprint density at radius 1 is 1.50 bits per heavy atom. The van der Waals surface area contributed by atoms with Crippen LogP contribution in [0.25, 0.3) is 0 Å². The number of anilines is 1. The number of carbonyl (C=O) groups excluding carboxylic acids is 1. The molecule has 4 nitrogen and oxygen atoms in total. The van der Waals surface area contributed by atoms with Gasteiger partial charge >= 0.3 is 6.03 Å². The molecule has 0 saturated carbocycles. The van der Waals surface area contributed by atoms with E-state index in [1.165, 1.54) is 0 Å². The summed E-state index contributed by atoms with van der Waals surface area (Å²) in [4.78, 5) is 15.2. The average Bonchev–Trinajstić information content (AvgIpc) is 2.18. The molecule has 0 fully saturated rings. The second-order valence-electron chi connectivity index (χ2n) is 3.10. The summed E-state index contributed by atoms with van der Waals surface area (Å²) in [5, 5.41) is 5.35. The third-order valence-electron chi connectivity index (χ3n) is 1.69. The number of urea groups is 1. The summed E-state index contributed by atoms with van der Waals surface area (Å²) in [6.45, 7) is 4.63. The molecule has 1 aromatic heterocycles. The fraction of sp³-hybridized carbons (Fsp3) is 0.400. The van der Waals surface area contributed by atoms with Crippen molar-refractivity contribution in [1.82, 2.24) is 10.3 Å². The minimum atomic E-state index is -0.205. The van der Waals surface area contributed by atoms with Crippen molar-refractivity contribution in [2.24, 2.45) is 0 Å². The van der Waals surface area contributed by atoms with Crippen molar-refractivity contribution in [3.8, 4) is 0 Å². The molecular formula is C10H15N3O. The van der Waals surface area contributed by atoms with Crippen LogP contribution < -0.4 is 10.6 Å². The zero-order valence-corrected chi connectivity index (χ0v) is 8.50. The number of hydrogen-bond acceptors (Lipinski definition) is 2. The molecule has 4 heteroatoms. The van der Waals surface area contributed by atoms with Crippen molar-refractivity contribution in [2.75, 3.05) is 11.9 Å². The molecular weight excluding hydrogens is 178 g/mol. The molecule has 0 aliphatic heterocycles. The smallest absolute Gasteiger partial charge is 0.320 e. The quantitative estimate of drug-likeness (QED) is 0.770. The predicted octanol–water partition coefficient (Wildman–Crippen LogP) is 1.92. The maximum atomic E-state index is 11.2. The maximum Gasteiger partial charge on any atom is 0.320 e. The van der Waals surface area contributed by atoms with Crippen molar-refractivity contribution in [1.29, 1.82) is 0 Å². The Hall–Kier alpha value is -1.58. The minimum Gasteiger partial charge on any atom is -0.338 e. The van der Waals surface area contributed by atoms with Crippen LogP contribution in [0.15, 0.2) is 18.3 Å². The molecule has 0 atom stereocenters. The van der Waals surface area contributed by atoms with Crippen molar-refractivity contribution < 1.29 is 4.79 Å². The number of hydrogen-bond donors (Lipinski definition) is 2. The molecule has 0 unspecified atom stereocenters. The number of carbonyl (C=O) groups is 1. The van der Waals surface area contributed by atoms with Crippen LogP contribution in [-0.4, -0.2) is 17.6 Å². The first-order valence-corrected chi connectivity index (χ1v) is 4.70. The third kappa shape index (κ3) is 3.43. The van der Waals surface area contributed by atoms with Gasteiger partial charge < -0.3 is 5.32 Å². The summed E-state index contributed by atoms with van der Waals surface area (Å²) in [6, 6.07) is 3.48. The summed E-state index contributed by atoms with van der Waals surface area (Å²) in [5.41, 5.74) is 1.07. The summed E-state index contributed by atoms with van der Waals surface area (Å²) in [7, 11) is 0. The zero-order valence-electron chi connectivity index (χ0n) is 8.50. The van der Waals surface area contributed by atoms with E-state index in [0.717, 1.165) is 12.0 Å². The highest BCUT2D eigenvalue weighted by Gasteiger charge is 1.99. The van der Waals surface area contributed by atoms with Gasteiger partial charge in [0.1, 0.15) is 5.82 Å². The van der Waals surface area contributed by atoms with Gasteiger partial charge in [0.2, 0.25) is 0 Å². The van der Waals surface area contributed by atoms with Crippen molar-refractivity contribution in [3.63, 3.8) is 0 Å². The molecule has 0 radical (unpaired) electrons. The van der Waals surface area contributed by atoms with E-state index in [1.807, 2.05) is 19.9 Å². The van der Waals surface area contributed by atoms with Gasteiger partial charge in [-0.3, -0.25) is 5.32 Å². The van der Waals surface area contributed by atoms with Gasteiger partial charge in [-0.2, -0.15) is 0 Å². The van der Waals surface area contributed by atoms with Crippen molar-refractivity contribution in [3.05, 3.63) is 23.9 Å². The first kappa shape index (κ1) is 10.5. The lowest BCUT2D eigenvalue weighted by Gasteiger charge is -2.05. The van der Waals surface area contributed by atoms with Gasteiger partial charge in [-0.1, -0.05) is 13.0 Å². The molecule has 0 spiro atoms. The predicted molar refractivity (Wildman–Crippen MR) is 56.3 cm³/mol. The van der Waals surface area contributed by atoms with Gasteiger partial charge in [0.25, 0.3) is 0 Å². The Morgan fingerprint density at radius 2 is 2.29 bits per heavy atom. The molecule has 1 heterocycles. The van der Waals surface area contributed by atoms with Crippen LogP contribution in [0, 0.1) is 6.92 Å². The number of aryl methyl sites for hydroxylation is 1. The lowest BCUT2D eigenvalue weighted by atomic mass is 10.3. The Kier molecular flexibility index (Phi) is 3.91. The molecule has 0 aromatic carbocycles. The highest BCUT2D eigenvalue weighted by molar-refractivity contribution is 5.88. The SMILES string of the molecule is CCCNC(=O)Nc1ccc(C)cn1. The van der Waals surface area contributed by atoms with Crippen molar-refractivity contribution >= 4 is 11.8 Å². The lowest BCUT2D eigenvalue weighted by molar-refractivity contribution is 0.252. The van der Waals surface area contributed by atoms with Crippen molar-refractivity contribution in [2.45, 2.75) is 20.3 Å². The van der Waals surface area contributed by atoms with Crippen LogP contribution in [0.5, 0.6) is 0 Å². The number of nitrogens with zero attached hydrogens (tertiary/aromatic N) is 1. The lowest BCUT2D eigenvalue weighted by Crippen LogP contribution is -2.29. The molecule has 2 amide bonds. The van der Waals surface area contributed by atoms with E-state index in [9.17, 15) is 4.79 Å². The maximum absolute atomic E-state index is 11.2. The zero-order chi connectivity index (χ0) is 10.4. The fourth-order valence-corrected chi connectivity index (χ4v) is 0.941. The second kappa shape index (κ2) is 5.21. The highest BCUT2D eigenvalue weighted by Crippen LogP contribution is 2.02. The summed E-state index contributed by atoms with van der Waals surface area (Å²) in [6.07, 6.45) is 2.64. The molecule has 14 heavy (non-hydrogen) atoms. The van der Waals surface area contributed by atoms with E-state index < -0.39 is 0 Å². The molecule has 76 valence electrons. The number of amides is 2. The first-order valence-electron chi connectivity index (χ1n) is 4.70. The third-order valence-corrected chi connectivity index (χ3v) is 1.69. The summed E-state index contributed by atoms with van der Waals surface area (Å²) < 4.78 is 0. The Bertz CT molecular complexity index is 295. The largest absolute Gasteiger partial charge is 0.338 e. The van der Waals surface area contributed by atoms with E-state index in [4.69, 9.17) is 0 Å². The van der Waals surface area contributed by atoms with Gasteiger partial charge in [-0.15, -0.1) is 0 Å². The molecule has 2 N–H and O–H groups in total. The van der Waals surface area contributed by atoms with Crippen LogP contribution >= 0.6 is 0 Å². The average molecular weight is 193 g/mol. The van der Waals surface area contributed by atoms with E-state index in [1.54, 1.807) is 12.3 Å². The monoisotopic (exact) mass is 193 g/mol. The van der Waals surface area contributed by atoms with Gasteiger partial charge in [-0.05, 0) is 25.0 Å². The van der Waals surface area contributed by atoms with Crippen LogP contribution in [0.1, 0.15) is 18.9 Å². The topological polar surface area (TPSA) is 54.0 Å². The molecule has 0 saturated heterocycles. The fourth-order valence-electron chi connectivity index (χ4n) is 0.941. The van der Waals surface area contributed by atoms with Gasteiger partial charge in [-0.25, -0.2) is 9.78 Å².